The Bertz CT molecular complexity index is 771. The zero-order valence-electron chi connectivity index (χ0n) is 16.6. The number of hydrogen-bond donors (Lipinski definition) is 0. The summed E-state index contributed by atoms with van der Waals surface area (Å²) in [6.07, 6.45) is 0. The average Bonchev–Trinajstić information content (AvgIpc) is 2.69. The van der Waals surface area contributed by atoms with E-state index in [1.54, 1.807) is 6.92 Å². The van der Waals surface area contributed by atoms with Crippen molar-refractivity contribution in [2.75, 3.05) is 46.2 Å². The van der Waals surface area contributed by atoms with Gasteiger partial charge in [-0.05, 0) is 26.0 Å². The highest BCUT2D eigenvalue weighted by molar-refractivity contribution is 5.93. The normalized spacial score (nSPS) is 10.6. The summed E-state index contributed by atoms with van der Waals surface area (Å²) >= 11 is 0. The monoisotopic (exact) mass is 388 g/mol. The molecule has 0 saturated carbocycles. The van der Waals surface area contributed by atoms with Crippen molar-refractivity contribution in [3.63, 3.8) is 0 Å². The molecule has 0 atom stereocenters. The number of hydrogen-bond acceptors (Lipinski definition) is 6. The second kappa shape index (κ2) is 12.0. The fourth-order valence-electron chi connectivity index (χ4n) is 2.51. The Morgan fingerprint density at radius 2 is 1.36 bits per heavy atom. The molecule has 6 nitrogen and oxygen atoms in total. The molecule has 0 aliphatic rings. The Morgan fingerprint density at radius 1 is 0.821 bits per heavy atom. The van der Waals surface area contributed by atoms with Crippen LogP contribution in [0.1, 0.15) is 13.8 Å². The number of carbonyl (C=O) groups is 1. The van der Waals surface area contributed by atoms with Gasteiger partial charge in [-0.2, -0.15) is 0 Å². The molecular weight excluding hydrogens is 360 g/mol. The maximum atomic E-state index is 11.2. The first-order valence-corrected chi connectivity index (χ1v) is 9.39. The number of ether oxygens (including phenoxy) is 5. The highest BCUT2D eigenvalue weighted by Crippen LogP contribution is 2.32. The molecule has 0 amide bonds. The molecule has 6 heteroatoms. The molecule has 0 N–H and O–H groups in total. The van der Waals surface area contributed by atoms with Crippen molar-refractivity contribution in [2.45, 2.75) is 13.8 Å². The van der Waals surface area contributed by atoms with Gasteiger partial charge in [0.2, 0.25) is 0 Å². The molecule has 2 rings (SSSR count). The van der Waals surface area contributed by atoms with Crippen LogP contribution in [0.3, 0.4) is 0 Å². The molecular formula is C22H28O6. The summed E-state index contributed by atoms with van der Waals surface area (Å²) in [6.45, 7) is 10.0. The first kappa shape index (κ1) is 21.7. The van der Waals surface area contributed by atoms with Crippen molar-refractivity contribution >= 4 is 16.7 Å². The second-order valence-electron chi connectivity index (χ2n) is 6.03. The third-order valence-electron chi connectivity index (χ3n) is 3.81. The summed E-state index contributed by atoms with van der Waals surface area (Å²) in [6, 6.07) is 11.8. The van der Waals surface area contributed by atoms with Gasteiger partial charge in [0.05, 0.1) is 33.0 Å². The minimum Gasteiger partial charge on any atom is -0.493 e. The minimum absolute atomic E-state index is 0.208. The molecule has 0 aliphatic heterocycles. The van der Waals surface area contributed by atoms with E-state index in [2.05, 4.69) is 6.58 Å². The van der Waals surface area contributed by atoms with Crippen molar-refractivity contribution in [3.8, 4) is 11.5 Å². The van der Waals surface area contributed by atoms with E-state index in [4.69, 9.17) is 23.7 Å². The summed E-state index contributed by atoms with van der Waals surface area (Å²) in [5.74, 6) is 1.25. The van der Waals surface area contributed by atoms with Crippen LogP contribution in [0, 0.1) is 0 Å². The lowest BCUT2D eigenvalue weighted by molar-refractivity contribution is -0.140. The smallest absolute Gasteiger partial charge is 0.333 e. The molecule has 0 radical (unpaired) electrons. The maximum absolute atomic E-state index is 11.2. The molecule has 2 aromatic carbocycles. The van der Waals surface area contributed by atoms with Crippen molar-refractivity contribution in [2.24, 2.45) is 0 Å². The van der Waals surface area contributed by atoms with Gasteiger partial charge in [-0.1, -0.05) is 30.8 Å². The lowest BCUT2D eigenvalue weighted by Crippen LogP contribution is -2.14. The molecule has 2 aromatic rings. The van der Waals surface area contributed by atoms with Gasteiger partial charge < -0.3 is 23.7 Å². The third kappa shape index (κ3) is 6.87. The second-order valence-corrected chi connectivity index (χ2v) is 6.03. The average molecular weight is 388 g/mol. The SMILES string of the molecule is C=C(C)C(=O)OCCOCCOCCOc1cccc2c(OCC)cccc12. The van der Waals surface area contributed by atoms with Gasteiger partial charge in [0.1, 0.15) is 24.7 Å². The van der Waals surface area contributed by atoms with Gasteiger partial charge in [0.25, 0.3) is 0 Å². The van der Waals surface area contributed by atoms with E-state index in [1.165, 1.54) is 0 Å². The molecule has 0 bridgehead atoms. The van der Waals surface area contributed by atoms with Gasteiger partial charge in [-0.15, -0.1) is 0 Å². The lowest BCUT2D eigenvalue weighted by atomic mass is 10.1. The van der Waals surface area contributed by atoms with Crippen molar-refractivity contribution in [1.29, 1.82) is 0 Å². The van der Waals surface area contributed by atoms with Crippen LogP contribution < -0.4 is 9.47 Å². The summed E-state index contributed by atoms with van der Waals surface area (Å²) in [5, 5.41) is 2.05. The molecule has 0 fully saturated rings. The molecule has 152 valence electrons. The zero-order chi connectivity index (χ0) is 20.2. The maximum Gasteiger partial charge on any atom is 0.333 e. The number of benzene rings is 2. The first-order chi connectivity index (χ1) is 13.6. The first-order valence-electron chi connectivity index (χ1n) is 9.39. The standard InChI is InChI=1S/C22H28O6/c1-4-26-20-9-5-8-19-18(20)7-6-10-21(19)27-15-13-24-11-12-25-14-16-28-22(23)17(2)3/h5-10H,2,4,11-16H2,1,3H3. The van der Waals surface area contributed by atoms with E-state index in [0.29, 0.717) is 45.2 Å². The van der Waals surface area contributed by atoms with Crippen LogP contribution in [-0.2, 0) is 19.0 Å². The van der Waals surface area contributed by atoms with Crippen molar-refractivity contribution < 1.29 is 28.5 Å². The molecule has 0 aliphatic carbocycles. The largest absolute Gasteiger partial charge is 0.493 e. The number of fused-ring (bicyclic) bond motifs is 1. The summed E-state index contributed by atoms with van der Waals surface area (Å²) in [4.78, 5) is 11.2. The predicted octanol–water partition coefficient (Wildman–Crippen LogP) is 3.77. The fraction of sp³-hybridized carbons (Fsp3) is 0.409. The van der Waals surface area contributed by atoms with Gasteiger partial charge in [-0.25, -0.2) is 4.79 Å². The lowest BCUT2D eigenvalue weighted by Gasteiger charge is -2.12. The van der Waals surface area contributed by atoms with Crippen LogP contribution in [0.5, 0.6) is 11.5 Å². The van der Waals surface area contributed by atoms with Crippen molar-refractivity contribution in [1.82, 2.24) is 0 Å². The molecule has 0 heterocycles. The Kier molecular flexibility index (Phi) is 9.31. The number of carbonyl (C=O) groups excluding carboxylic acids is 1. The minimum atomic E-state index is -0.404. The summed E-state index contributed by atoms with van der Waals surface area (Å²) in [5.41, 5.74) is 0.378. The highest BCUT2D eigenvalue weighted by atomic mass is 16.6. The molecule has 28 heavy (non-hydrogen) atoms. The van der Waals surface area contributed by atoms with E-state index in [9.17, 15) is 4.79 Å². The third-order valence-corrected chi connectivity index (χ3v) is 3.81. The van der Waals surface area contributed by atoms with Gasteiger partial charge in [0, 0.05) is 16.3 Å². The van der Waals surface area contributed by atoms with E-state index in [1.807, 2.05) is 43.3 Å². The topological polar surface area (TPSA) is 63.2 Å². The number of rotatable bonds is 13. The molecule has 0 saturated heterocycles. The quantitative estimate of drug-likeness (QED) is 0.296. The van der Waals surface area contributed by atoms with E-state index in [0.717, 1.165) is 22.3 Å². The molecule has 0 unspecified atom stereocenters. The Morgan fingerprint density at radius 3 is 1.93 bits per heavy atom. The van der Waals surface area contributed by atoms with Crippen LogP contribution in [0.2, 0.25) is 0 Å². The van der Waals surface area contributed by atoms with E-state index < -0.39 is 5.97 Å². The van der Waals surface area contributed by atoms with Crippen LogP contribution in [0.4, 0.5) is 0 Å². The molecule has 0 aromatic heterocycles. The van der Waals surface area contributed by atoms with Crippen molar-refractivity contribution in [3.05, 3.63) is 48.6 Å². The van der Waals surface area contributed by atoms with Gasteiger partial charge >= 0.3 is 5.97 Å². The Balaban J connectivity index is 1.63. The van der Waals surface area contributed by atoms with E-state index in [-0.39, 0.29) is 6.61 Å². The predicted molar refractivity (Wildman–Crippen MR) is 108 cm³/mol. The number of esters is 1. The highest BCUT2D eigenvalue weighted by Gasteiger charge is 2.06. The fourth-order valence-corrected chi connectivity index (χ4v) is 2.51. The van der Waals surface area contributed by atoms with Gasteiger partial charge in [0.15, 0.2) is 0 Å². The Labute approximate surface area is 166 Å². The van der Waals surface area contributed by atoms with Crippen LogP contribution in [0.25, 0.3) is 10.8 Å². The van der Waals surface area contributed by atoms with Crippen LogP contribution >= 0.6 is 0 Å². The van der Waals surface area contributed by atoms with Crippen LogP contribution in [0.15, 0.2) is 48.6 Å². The molecule has 0 spiro atoms. The van der Waals surface area contributed by atoms with E-state index >= 15 is 0 Å². The summed E-state index contributed by atoms with van der Waals surface area (Å²) < 4.78 is 27.3. The zero-order valence-corrected chi connectivity index (χ0v) is 16.6. The van der Waals surface area contributed by atoms with Crippen LogP contribution in [-0.4, -0.2) is 52.2 Å². The Hall–Kier alpha value is -2.57. The van der Waals surface area contributed by atoms with Gasteiger partial charge in [-0.3, -0.25) is 0 Å². The summed E-state index contributed by atoms with van der Waals surface area (Å²) in [7, 11) is 0.